The van der Waals surface area contributed by atoms with Gasteiger partial charge in [-0.05, 0) is 68.0 Å². The average Bonchev–Trinajstić information content (AvgIpc) is 3.06. The second-order valence-corrected chi connectivity index (χ2v) is 8.27. The maximum absolute atomic E-state index is 13.5. The van der Waals surface area contributed by atoms with Crippen molar-refractivity contribution < 1.29 is 4.39 Å². The van der Waals surface area contributed by atoms with Crippen LogP contribution in [-0.2, 0) is 13.0 Å². The highest BCUT2D eigenvalue weighted by atomic mass is 19.1. The van der Waals surface area contributed by atoms with Crippen LogP contribution in [0.15, 0.2) is 54.9 Å². The van der Waals surface area contributed by atoms with E-state index in [-0.39, 0.29) is 5.82 Å². The number of benzene rings is 1. The van der Waals surface area contributed by atoms with Crippen LogP contribution in [-0.4, -0.2) is 38.3 Å². The lowest BCUT2D eigenvalue weighted by Crippen LogP contribution is -2.10. The van der Waals surface area contributed by atoms with Gasteiger partial charge in [0.1, 0.15) is 17.3 Å². The molecule has 1 aromatic carbocycles. The summed E-state index contributed by atoms with van der Waals surface area (Å²) in [6, 6.07) is 12.5. The SMILES string of the molecule is CC(C)Cc1nccc(-c2c(-c3ccc(F)cc3)nc3cc(CN(C)C)ccn23)n1. The van der Waals surface area contributed by atoms with Crippen molar-refractivity contribution in [3.8, 4) is 22.6 Å². The lowest BCUT2D eigenvalue weighted by Gasteiger charge is -2.10. The molecule has 0 saturated heterocycles. The van der Waals surface area contributed by atoms with E-state index in [1.54, 1.807) is 18.3 Å². The predicted octanol–water partition coefficient (Wildman–Crippen LogP) is 4.86. The monoisotopic (exact) mass is 403 g/mol. The first-order chi connectivity index (χ1) is 14.4. The molecule has 154 valence electrons. The van der Waals surface area contributed by atoms with Gasteiger partial charge in [-0.3, -0.25) is 4.40 Å². The maximum atomic E-state index is 13.5. The summed E-state index contributed by atoms with van der Waals surface area (Å²) in [7, 11) is 4.09. The number of halogens is 1. The Morgan fingerprint density at radius 1 is 1.03 bits per heavy atom. The standard InChI is InChI=1S/C24H26FN5/c1-16(2)13-21-26-11-9-20(27-21)24-23(18-5-7-19(25)8-6-18)28-22-14-17(15-29(3)4)10-12-30(22)24/h5-12,14,16H,13,15H2,1-4H3. The van der Waals surface area contributed by atoms with Crippen molar-refractivity contribution in [2.75, 3.05) is 14.1 Å². The van der Waals surface area contributed by atoms with Crippen LogP contribution in [0.2, 0.25) is 0 Å². The molecule has 0 saturated carbocycles. The summed E-state index contributed by atoms with van der Waals surface area (Å²) < 4.78 is 15.6. The summed E-state index contributed by atoms with van der Waals surface area (Å²) in [5.41, 5.74) is 5.36. The Morgan fingerprint density at radius 3 is 2.50 bits per heavy atom. The molecular formula is C24H26FN5. The largest absolute Gasteiger partial charge is 0.305 e. The van der Waals surface area contributed by atoms with Gasteiger partial charge in [-0.1, -0.05) is 13.8 Å². The molecule has 3 aromatic heterocycles. The predicted molar refractivity (Wildman–Crippen MR) is 118 cm³/mol. The smallest absolute Gasteiger partial charge is 0.138 e. The van der Waals surface area contributed by atoms with Crippen LogP contribution in [0, 0.1) is 11.7 Å². The molecule has 4 rings (SSSR count). The molecule has 3 heterocycles. The summed E-state index contributed by atoms with van der Waals surface area (Å²) in [5.74, 6) is 1.01. The van der Waals surface area contributed by atoms with E-state index in [2.05, 4.69) is 40.3 Å². The summed E-state index contributed by atoms with van der Waals surface area (Å²) in [4.78, 5) is 16.3. The first-order valence-corrected chi connectivity index (χ1v) is 10.1. The molecule has 0 atom stereocenters. The fourth-order valence-corrected chi connectivity index (χ4v) is 3.60. The molecule has 30 heavy (non-hydrogen) atoms. The molecule has 5 nitrogen and oxygen atoms in total. The molecule has 6 heteroatoms. The van der Waals surface area contributed by atoms with Crippen molar-refractivity contribution >= 4 is 5.65 Å². The molecule has 0 fully saturated rings. The van der Waals surface area contributed by atoms with Crippen LogP contribution in [0.4, 0.5) is 4.39 Å². The summed E-state index contributed by atoms with van der Waals surface area (Å²) in [6.07, 6.45) is 4.64. The topological polar surface area (TPSA) is 46.3 Å². The number of fused-ring (bicyclic) bond motifs is 1. The zero-order valence-corrected chi connectivity index (χ0v) is 17.8. The van der Waals surface area contributed by atoms with Crippen LogP contribution in [0.5, 0.6) is 0 Å². The van der Waals surface area contributed by atoms with Gasteiger partial charge in [-0.2, -0.15) is 0 Å². The average molecular weight is 404 g/mol. The molecule has 0 radical (unpaired) electrons. The van der Waals surface area contributed by atoms with E-state index in [1.807, 2.05) is 26.4 Å². The van der Waals surface area contributed by atoms with E-state index in [9.17, 15) is 4.39 Å². The highest BCUT2D eigenvalue weighted by Gasteiger charge is 2.18. The van der Waals surface area contributed by atoms with Crippen LogP contribution < -0.4 is 0 Å². The number of aromatic nitrogens is 4. The molecule has 0 bridgehead atoms. The van der Waals surface area contributed by atoms with Crippen LogP contribution in [0.25, 0.3) is 28.3 Å². The van der Waals surface area contributed by atoms with Gasteiger partial charge in [-0.15, -0.1) is 0 Å². The minimum Gasteiger partial charge on any atom is -0.305 e. The van der Waals surface area contributed by atoms with E-state index >= 15 is 0 Å². The second-order valence-electron chi connectivity index (χ2n) is 8.27. The summed E-state index contributed by atoms with van der Waals surface area (Å²) in [5, 5.41) is 0. The molecular weight excluding hydrogens is 377 g/mol. The quantitative estimate of drug-likeness (QED) is 0.461. The Bertz CT molecular complexity index is 1160. The lowest BCUT2D eigenvalue weighted by molar-refractivity contribution is 0.402. The number of hydrogen-bond acceptors (Lipinski definition) is 4. The van der Waals surface area contributed by atoms with Gasteiger partial charge in [0.25, 0.3) is 0 Å². The number of hydrogen-bond donors (Lipinski definition) is 0. The van der Waals surface area contributed by atoms with Crippen molar-refractivity contribution in [2.24, 2.45) is 5.92 Å². The van der Waals surface area contributed by atoms with Gasteiger partial charge >= 0.3 is 0 Å². The Hall–Kier alpha value is -3.12. The van der Waals surface area contributed by atoms with E-state index in [4.69, 9.17) is 9.97 Å². The summed E-state index contributed by atoms with van der Waals surface area (Å²) >= 11 is 0. The molecule has 0 amide bonds. The zero-order chi connectivity index (χ0) is 21.3. The fourth-order valence-electron chi connectivity index (χ4n) is 3.60. The highest BCUT2D eigenvalue weighted by Crippen LogP contribution is 2.32. The second kappa shape index (κ2) is 8.32. The van der Waals surface area contributed by atoms with Crippen LogP contribution in [0.3, 0.4) is 0 Å². The number of imidazole rings is 1. The lowest BCUT2D eigenvalue weighted by atomic mass is 10.1. The fraction of sp³-hybridized carbons (Fsp3) is 0.292. The zero-order valence-electron chi connectivity index (χ0n) is 17.8. The maximum Gasteiger partial charge on any atom is 0.138 e. The molecule has 4 aromatic rings. The summed E-state index contributed by atoms with van der Waals surface area (Å²) in [6.45, 7) is 5.14. The molecule has 0 aliphatic rings. The first kappa shape index (κ1) is 20.2. The van der Waals surface area contributed by atoms with Gasteiger partial charge in [0, 0.05) is 30.9 Å². The van der Waals surface area contributed by atoms with Gasteiger partial charge < -0.3 is 4.90 Å². The highest BCUT2D eigenvalue weighted by molar-refractivity contribution is 5.80. The minimum absolute atomic E-state index is 0.265. The number of rotatable bonds is 6. The molecule has 0 unspecified atom stereocenters. The number of pyridine rings is 1. The van der Waals surface area contributed by atoms with Gasteiger partial charge in [0.05, 0.1) is 17.1 Å². The van der Waals surface area contributed by atoms with E-state index in [0.29, 0.717) is 5.92 Å². The van der Waals surface area contributed by atoms with Crippen molar-refractivity contribution in [1.82, 2.24) is 24.3 Å². The molecule has 0 aliphatic carbocycles. The third kappa shape index (κ3) is 4.24. The van der Waals surface area contributed by atoms with Crippen molar-refractivity contribution in [3.63, 3.8) is 0 Å². The Kier molecular flexibility index (Phi) is 5.59. The van der Waals surface area contributed by atoms with Gasteiger partial charge in [-0.25, -0.2) is 19.3 Å². The van der Waals surface area contributed by atoms with Gasteiger partial charge in [0.15, 0.2) is 0 Å². The van der Waals surface area contributed by atoms with Crippen LogP contribution >= 0.6 is 0 Å². The van der Waals surface area contributed by atoms with Crippen molar-refractivity contribution in [2.45, 2.75) is 26.8 Å². The molecule has 0 aliphatic heterocycles. The Balaban J connectivity index is 1.91. The third-order valence-corrected chi connectivity index (χ3v) is 4.85. The van der Waals surface area contributed by atoms with Crippen molar-refractivity contribution in [3.05, 3.63) is 72.1 Å². The number of nitrogens with zero attached hydrogens (tertiary/aromatic N) is 5. The normalized spacial score (nSPS) is 11.7. The Morgan fingerprint density at radius 2 is 1.80 bits per heavy atom. The van der Waals surface area contributed by atoms with Crippen LogP contribution in [0.1, 0.15) is 25.2 Å². The van der Waals surface area contributed by atoms with Gasteiger partial charge in [0.2, 0.25) is 0 Å². The third-order valence-electron chi connectivity index (χ3n) is 4.85. The van der Waals surface area contributed by atoms with E-state index in [0.717, 1.165) is 47.1 Å². The van der Waals surface area contributed by atoms with E-state index in [1.165, 1.54) is 17.7 Å². The molecule has 0 spiro atoms. The first-order valence-electron chi connectivity index (χ1n) is 10.1. The Labute approximate surface area is 176 Å². The van der Waals surface area contributed by atoms with E-state index < -0.39 is 0 Å². The minimum atomic E-state index is -0.265. The molecule has 0 N–H and O–H groups in total. The van der Waals surface area contributed by atoms with Crippen molar-refractivity contribution in [1.29, 1.82) is 0 Å².